The number of hydrogen-bond acceptors (Lipinski definition) is 6. The van der Waals surface area contributed by atoms with Gasteiger partial charge in [0.05, 0.1) is 23.5 Å². The van der Waals surface area contributed by atoms with E-state index in [0.29, 0.717) is 35.8 Å². The molecule has 7 nitrogen and oxygen atoms in total. The molecule has 0 saturated carbocycles. The molecular formula is C12H17ClN6O. The molecule has 2 heterocycles. The number of aromatic nitrogens is 5. The van der Waals surface area contributed by atoms with Crippen LogP contribution in [0.2, 0.25) is 5.02 Å². The zero-order chi connectivity index (χ0) is 14.5. The lowest BCUT2D eigenvalue weighted by Crippen LogP contribution is -2.11. The minimum atomic E-state index is 0.275. The third-order valence-corrected chi connectivity index (χ3v) is 2.79. The number of anilines is 1. The number of nitrogens with one attached hydrogen (secondary N) is 1. The van der Waals surface area contributed by atoms with Crippen molar-refractivity contribution < 1.29 is 4.74 Å². The Hall–Kier alpha value is -1.89. The lowest BCUT2D eigenvalue weighted by Gasteiger charge is -2.08. The van der Waals surface area contributed by atoms with Crippen LogP contribution >= 0.6 is 11.6 Å². The van der Waals surface area contributed by atoms with Crippen LogP contribution in [0.25, 0.3) is 5.95 Å². The van der Waals surface area contributed by atoms with E-state index in [1.165, 1.54) is 4.68 Å². The quantitative estimate of drug-likeness (QED) is 0.881. The van der Waals surface area contributed by atoms with E-state index in [-0.39, 0.29) is 6.01 Å². The van der Waals surface area contributed by atoms with Crippen LogP contribution < -0.4 is 10.1 Å². The van der Waals surface area contributed by atoms with Crippen molar-refractivity contribution in [2.45, 2.75) is 27.2 Å². The molecule has 0 spiro atoms. The lowest BCUT2D eigenvalue weighted by molar-refractivity contribution is 0.291. The van der Waals surface area contributed by atoms with Crippen molar-refractivity contribution in [2.24, 2.45) is 0 Å². The third kappa shape index (κ3) is 3.36. The number of aryl methyl sites for hydroxylation is 1. The maximum absolute atomic E-state index is 6.00. The Morgan fingerprint density at radius 1 is 1.30 bits per heavy atom. The van der Waals surface area contributed by atoms with Gasteiger partial charge in [0, 0.05) is 6.54 Å². The summed E-state index contributed by atoms with van der Waals surface area (Å²) in [5.74, 6) is 0.824. The molecule has 0 aliphatic heterocycles. The van der Waals surface area contributed by atoms with Gasteiger partial charge in [-0.2, -0.15) is 20.1 Å². The molecule has 2 aromatic heterocycles. The molecule has 0 atom stereocenters. The number of ether oxygens (including phenoxy) is 1. The molecule has 0 unspecified atom stereocenters. The third-order valence-electron chi connectivity index (χ3n) is 2.42. The van der Waals surface area contributed by atoms with E-state index >= 15 is 0 Å². The first-order valence-electron chi connectivity index (χ1n) is 6.49. The number of halogens is 1. The van der Waals surface area contributed by atoms with Crippen molar-refractivity contribution in [1.82, 2.24) is 24.7 Å². The molecule has 0 radical (unpaired) electrons. The zero-order valence-electron chi connectivity index (χ0n) is 11.7. The van der Waals surface area contributed by atoms with Crippen LogP contribution in [-0.4, -0.2) is 37.9 Å². The maximum atomic E-state index is 6.00. The average molecular weight is 297 g/mol. The van der Waals surface area contributed by atoms with Crippen LogP contribution in [0.1, 0.15) is 26.0 Å². The molecule has 2 aromatic rings. The van der Waals surface area contributed by atoms with E-state index in [1.54, 1.807) is 6.20 Å². The predicted molar refractivity (Wildman–Crippen MR) is 76.6 cm³/mol. The van der Waals surface area contributed by atoms with Crippen LogP contribution in [0, 0.1) is 6.92 Å². The Kier molecular flexibility index (Phi) is 4.73. The zero-order valence-corrected chi connectivity index (χ0v) is 12.5. The van der Waals surface area contributed by atoms with Gasteiger partial charge in [-0.15, -0.1) is 0 Å². The number of rotatable bonds is 6. The van der Waals surface area contributed by atoms with E-state index in [1.807, 2.05) is 20.8 Å². The summed E-state index contributed by atoms with van der Waals surface area (Å²) in [6.45, 7) is 7.05. The highest BCUT2D eigenvalue weighted by molar-refractivity contribution is 6.31. The summed E-state index contributed by atoms with van der Waals surface area (Å²) >= 11 is 6.00. The topological polar surface area (TPSA) is 77.8 Å². The first-order valence-corrected chi connectivity index (χ1v) is 6.86. The normalized spacial score (nSPS) is 10.6. The lowest BCUT2D eigenvalue weighted by atomic mass is 10.5. The van der Waals surface area contributed by atoms with Gasteiger partial charge in [0.1, 0.15) is 0 Å². The SMILES string of the molecule is CCCOc1nc(NCC)nc(-n2cc(Cl)c(C)n2)n1. The van der Waals surface area contributed by atoms with Crippen molar-refractivity contribution in [1.29, 1.82) is 0 Å². The minimum Gasteiger partial charge on any atom is -0.463 e. The molecule has 0 bridgehead atoms. The van der Waals surface area contributed by atoms with E-state index in [0.717, 1.165) is 6.42 Å². The van der Waals surface area contributed by atoms with Gasteiger partial charge in [-0.05, 0) is 20.3 Å². The van der Waals surface area contributed by atoms with Gasteiger partial charge in [0.2, 0.25) is 5.95 Å². The van der Waals surface area contributed by atoms with Gasteiger partial charge in [0.15, 0.2) is 0 Å². The standard InChI is InChI=1S/C12H17ClN6O/c1-4-6-20-12-16-10(14-5-2)15-11(17-12)19-7-9(13)8(3)18-19/h7H,4-6H2,1-3H3,(H,14,15,16,17). The largest absolute Gasteiger partial charge is 0.463 e. The second-order valence-electron chi connectivity index (χ2n) is 4.13. The Morgan fingerprint density at radius 3 is 2.70 bits per heavy atom. The van der Waals surface area contributed by atoms with Gasteiger partial charge in [-0.3, -0.25) is 0 Å². The van der Waals surface area contributed by atoms with Crippen molar-refractivity contribution >= 4 is 17.5 Å². The molecule has 20 heavy (non-hydrogen) atoms. The smallest absolute Gasteiger partial charge is 0.323 e. The van der Waals surface area contributed by atoms with Gasteiger partial charge < -0.3 is 10.1 Å². The van der Waals surface area contributed by atoms with Crippen molar-refractivity contribution in [3.63, 3.8) is 0 Å². The molecule has 2 rings (SSSR count). The molecule has 8 heteroatoms. The molecule has 0 aromatic carbocycles. The molecule has 0 saturated heterocycles. The van der Waals surface area contributed by atoms with Crippen LogP contribution in [0.4, 0.5) is 5.95 Å². The van der Waals surface area contributed by atoms with Gasteiger partial charge in [-0.1, -0.05) is 18.5 Å². The average Bonchev–Trinajstić information content (AvgIpc) is 2.77. The van der Waals surface area contributed by atoms with Gasteiger partial charge >= 0.3 is 6.01 Å². The highest BCUT2D eigenvalue weighted by Crippen LogP contribution is 2.16. The van der Waals surface area contributed by atoms with Crippen LogP contribution in [-0.2, 0) is 0 Å². The summed E-state index contributed by atoms with van der Waals surface area (Å²) < 4.78 is 6.98. The van der Waals surface area contributed by atoms with Gasteiger partial charge in [0.25, 0.3) is 5.95 Å². The highest BCUT2D eigenvalue weighted by Gasteiger charge is 2.11. The summed E-state index contributed by atoms with van der Waals surface area (Å²) in [6.07, 6.45) is 2.54. The Balaban J connectivity index is 2.37. The molecule has 1 N–H and O–H groups in total. The van der Waals surface area contributed by atoms with E-state index in [2.05, 4.69) is 25.4 Å². The summed E-state index contributed by atoms with van der Waals surface area (Å²) in [5, 5.41) is 7.85. The second-order valence-corrected chi connectivity index (χ2v) is 4.53. The first kappa shape index (κ1) is 14.5. The van der Waals surface area contributed by atoms with Crippen molar-refractivity contribution in [3.05, 3.63) is 16.9 Å². The Morgan fingerprint density at radius 2 is 2.10 bits per heavy atom. The summed E-state index contributed by atoms with van der Waals surface area (Å²) in [5.41, 5.74) is 0.716. The summed E-state index contributed by atoms with van der Waals surface area (Å²) in [7, 11) is 0. The summed E-state index contributed by atoms with van der Waals surface area (Å²) in [4.78, 5) is 12.7. The molecule has 0 aliphatic rings. The molecule has 0 aliphatic carbocycles. The van der Waals surface area contributed by atoms with E-state index in [9.17, 15) is 0 Å². The monoisotopic (exact) mass is 296 g/mol. The second kappa shape index (κ2) is 6.51. The predicted octanol–water partition coefficient (Wildman–Crippen LogP) is 2.24. The highest BCUT2D eigenvalue weighted by atomic mass is 35.5. The molecular weight excluding hydrogens is 280 g/mol. The molecule has 108 valence electrons. The van der Waals surface area contributed by atoms with Gasteiger partial charge in [-0.25, -0.2) is 4.68 Å². The van der Waals surface area contributed by atoms with E-state index < -0.39 is 0 Å². The van der Waals surface area contributed by atoms with Crippen LogP contribution in [0.3, 0.4) is 0 Å². The fourth-order valence-corrected chi connectivity index (χ4v) is 1.62. The van der Waals surface area contributed by atoms with Crippen LogP contribution in [0.15, 0.2) is 6.20 Å². The Bertz CT molecular complexity index is 566. The summed E-state index contributed by atoms with van der Waals surface area (Å²) in [6, 6.07) is 0.275. The van der Waals surface area contributed by atoms with E-state index in [4.69, 9.17) is 16.3 Å². The minimum absolute atomic E-state index is 0.275. The Labute approximate surface area is 122 Å². The maximum Gasteiger partial charge on any atom is 0.323 e. The van der Waals surface area contributed by atoms with Crippen molar-refractivity contribution in [2.75, 3.05) is 18.5 Å². The van der Waals surface area contributed by atoms with Crippen LogP contribution in [0.5, 0.6) is 6.01 Å². The fourth-order valence-electron chi connectivity index (χ4n) is 1.48. The first-order chi connectivity index (χ1) is 9.63. The molecule has 0 amide bonds. The number of hydrogen-bond donors (Lipinski definition) is 1. The fraction of sp³-hybridized carbons (Fsp3) is 0.500. The number of nitrogens with zero attached hydrogens (tertiary/aromatic N) is 5. The van der Waals surface area contributed by atoms with Crippen molar-refractivity contribution in [3.8, 4) is 12.0 Å². The molecule has 0 fully saturated rings.